The summed E-state index contributed by atoms with van der Waals surface area (Å²) < 4.78 is 20.2. The van der Waals surface area contributed by atoms with Gasteiger partial charge in [0.15, 0.2) is 5.78 Å². The smallest absolute Gasteiger partial charge is 0.336 e. The molecule has 0 amide bonds. The highest BCUT2D eigenvalue weighted by molar-refractivity contribution is 6.30. The summed E-state index contributed by atoms with van der Waals surface area (Å²) in [6.07, 6.45) is 1.49. The van der Waals surface area contributed by atoms with Crippen LogP contribution in [0.5, 0.6) is 0 Å². The number of ether oxygens (including phenoxy) is 1. The SMILES string of the molecule is C=C(c1cc(F)c(C(=O)c2ccc(Cl)cc2)c(C(=O)O)c1)C1CCOCC1. The molecule has 0 spiro atoms. The molecule has 0 atom stereocenters. The Morgan fingerprint density at radius 3 is 2.33 bits per heavy atom. The Labute approximate surface area is 161 Å². The van der Waals surface area contributed by atoms with Crippen molar-refractivity contribution in [2.24, 2.45) is 5.92 Å². The Hall–Kier alpha value is -2.50. The van der Waals surface area contributed by atoms with Gasteiger partial charge in [0, 0.05) is 23.8 Å². The average molecular weight is 389 g/mol. The highest BCUT2D eigenvalue weighted by Crippen LogP contribution is 2.32. The second-order valence-electron chi connectivity index (χ2n) is 6.43. The number of carboxylic acids is 1. The fraction of sp³-hybridized carbons (Fsp3) is 0.238. The van der Waals surface area contributed by atoms with Crippen LogP contribution < -0.4 is 0 Å². The number of halogens is 2. The molecule has 6 heteroatoms. The lowest BCUT2D eigenvalue weighted by Gasteiger charge is -2.24. The van der Waals surface area contributed by atoms with Crippen molar-refractivity contribution in [2.75, 3.05) is 13.2 Å². The van der Waals surface area contributed by atoms with E-state index in [1.807, 2.05) is 0 Å². The molecule has 0 aromatic heterocycles. The first-order chi connectivity index (χ1) is 12.9. The molecule has 140 valence electrons. The third kappa shape index (κ3) is 4.10. The van der Waals surface area contributed by atoms with E-state index in [2.05, 4.69) is 6.58 Å². The van der Waals surface area contributed by atoms with Crippen molar-refractivity contribution in [3.8, 4) is 0 Å². The van der Waals surface area contributed by atoms with Gasteiger partial charge in [0.05, 0.1) is 11.1 Å². The molecule has 3 rings (SSSR count). The van der Waals surface area contributed by atoms with E-state index >= 15 is 0 Å². The third-order valence-corrected chi connectivity index (χ3v) is 4.99. The van der Waals surface area contributed by atoms with Crippen molar-refractivity contribution in [2.45, 2.75) is 12.8 Å². The number of hydrogen-bond acceptors (Lipinski definition) is 3. The largest absolute Gasteiger partial charge is 0.478 e. The minimum absolute atomic E-state index is 0.0950. The van der Waals surface area contributed by atoms with Crippen LogP contribution in [0, 0.1) is 11.7 Å². The number of carbonyl (C=O) groups is 2. The van der Waals surface area contributed by atoms with Crippen LogP contribution in [0.15, 0.2) is 43.0 Å². The minimum atomic E-state index is -1.37. The number of carbonyl (C=O) groups excluding carboxylic acids is 1. The van der Waals surface area contributed by atoms with Crippen LogP contribution in [0.25, 0.3) is 5.57 Å². The van der Waals surface area contributed by atoms with Crippen molar-refractivity contribution in [3.05, 3.63) is 76.1 Å². The first-order valence-corrected chi connectivity index (χ1v) is 8.90. The van der Waals surface area contributed by atoms with Gasteiger partial charge in [0.1, 0.15) is 5.82 Å². The number of rotatable bonds is 5. The van der Waals surface area contributed by atoms with E-state index < -0.39 is 23.1 Å². The Bertz CT molecular complexity index is 899. The number of hydrogen-bond donors (Lipinski definition) is 1. The molecule has 0 saturated carbocycles. The first-order valence-electron chi connectivity index (χ1n) is 8.52. The Kier molecular flexibility index (Phi) is 5.73. The summed E-state index contributed by atoms with van der Waals surface area (Å²) >= 11 is 5.81. The fourth-order valence-electron chi connectivity index (χ4n) is 3.22. The predicted octanol–water partition coefficient (Wildman–Crippen LogP) is 4.85. The molecule has 1 saturated heterocycles. The van der Waals surface area contributed by atoms with Gasteiger partial charge in [-0.2, -0.15) is 0 Å². The van der Waals surface area contributed by atoms with Gasteiger partial charge in [-0.15, -0.1) is 0 Å². The normalized spacial score (nSPS) is 14.7. The summed E-state index contributed by atoms with van der Waals surface area (Å²) in [4.78, 5) is 24.4. The predicted molar refractivity (Wildman–Crippen MR) is 101 cm³/mol. The number of allylic oxidation sites excluding steroid dienone is 1. The zero-order chi connectivity index (χ0) is 19.6. The highest BCUT2D eigenvalue weighted by atomic mass is 35.5. The zero-order valence-corrected chi connectivity index (χ0v) is 15.3. The van der Waals surface area contributed by atoms with E-state index in [-0.39, 0.29) is 17.0 Å². The Morgan fingerprint density at radius 1 is 1.11 bits per heavy atom. The lowest BCUT2D eigenvalue weighted by molar-refractivity contribution is 0.0691. The Balaban J connectivity index is 2.02. The van der Waals surface area contributed by atoms with E-state index in [0.717, 1.165) is 12.8 Å². The molecule has 1 aliphatic heterocycles. The molecule has 0 radical (unpaired) electrons. The molecule has 1 N–H and O–H groups in total. The van der Waals surface area contributed by atoms with Crippen molar-refractivity contribution in [3.63, 3.8) is 0 Å². The molecule has 2 aromatic rings. The van der Waals surface area contributed by atoms with Crippen LogP contribution in [0.3, 0.4) is 0 Å². The first kappa shape index (κ1) is 19.3. The topological polar surface area (TPSA) is 63.6 Å². The number of aromatic carboxylic acids is 1. The van der Waals surface area contributed by atoms with Crippen LogP contribution >= 0.6 is 11.6 Å². The second-order valence-corrected chi connectivity index (χ2v) is 6.87. The van der Waals surface area contributed by atoms with E-state index in [0.29, 0.717) is 29.4 Å². The zero-order valence-electron chi connectivity index (χ0n) is 14.5. The maximum Gasteiger partial charge on any atom is 0.336 e. The van der Waals surface area contributed by atoms with E-state index in [1.54, 1.807) is 0 Å². The van der Waals surface area contributed by atoms with Gasteiger partial charge < -0.3 is 9.84 Å². The monoisotopic (exact) mass is 388 g/mol. The van der Waals surface area contributed by atoms with Crippen molar-refractivity contribution < 1.29 is 23.8 Å². The van der Waals surface area contributed by atoms with Gasteiger partial charge >= 0.3 is 5.97 Å². The molecule has 27 heavy (non-hydrogen) atoms. The number of benzene rings is 2. The third-order valence-electron chi connectivity index (χ3n) is 4.74. The van der Waals surface area contributed by atoms with Gasteiger partial charge in [-0.25, -0.2) is 9.18 Å². The molecule has 1 heterocycles. The standard InChI is InChI=1S/C21H18ClFO4/c1-12(13-6-8-27-9-7-13)15-10-17(21(25)26)19(18(23)11-15)20(24)14-2-4-16(22)5-3-14/h2-5,10-11,13H,1,6-9H2,(H,25,26). The summed E-state index contributed by atoms with van der Waals surface area (Å²) in [5.41, 5.74) is 0.373. The van der Waals surface area contributed by atoms with Crippen LogP contribution in [0.4, 0.5) is 4.39 Å². The summed E-state index contributed by atoms with van der Waals surface area (Å²) in [6.45, 7) is 5.19. The van der Waals surface area contributed by atoms with Crippen LogP contribution in [0.2, 0.25) is 5.02 Å². The molecule has 0 unspecified atom stereocenters. The van der Waals surface area contributed by atoms with Gasteiger partial charge in [-0.05, 0) is 66.3 Å². The van der Waals surface area contributed by atoms with E-state index in [9.17, 15) is 19.1 Å². The quantitative estimate of drug-likeness (QED) is 0.744. The summed E-state index contributed by atoms with van der Waals surface area (Å²) in [6, 6.07) is 8.37. The van der Waals surface area contributed by atoms with Gasteiger partial charge in [-0.1, -0.05) is 18.2 Å². The summed E-state index contributed by atoms with van der Waals surface area (Å²) in [5, 5.41) is 9.98. The van der Waals surface area contributed by atoms with Gasteiger partial charge in [0.25, 0.3) is 0 Å². The molecule has 1 aliphatic rings. The molecular weight excluding hydrogens is 371 g/mol. The van der Waals surface area contributed by atoms with Crippen LogP contribution in [-0.4, -0.2) is 30.1 Å². The van der Waals surface area contributed by atoms with Gasteiger partial charge in [0.2, 0.25) is 0 Å². The molecular formula is C21H18ClFO4. The Morgan fingerprint density at radius 2 is 1.74 bits per heavy atom. The molecule has 2 aromatic carbocycles. The van der Waals surface area contributed by atoms with Gasteiger partial charge in [-0.3, -0.25) is 4.79 Å². The molecule has 0 bridgehead atoms. The molecule has 0 aliphatic carbocycles. The number of carboxylic acid groups (broad SMARTS) is 1. The van der Waals surface area contributed by atoms with Crippen molar-refractivity contribution >= 4 is 28.9 Å². The van der Waals surface area contributed by atoms with Crippen molar-refractivity contribution in [1.29, 1.82) is 0 Å². The van der Waals surface area contributed by atoms with Crippen LogP contribution in [-0.2, 0) is 4.74 Å². The highest BCUT2D eigenvalue weighted by Gasteiger charge is 2.26. The van der Waals surface area contributed by atoms with Crippen LogP contribution in [0.1, 0.15) is 44.7 Å². The minimum Gasteiger partial charge on any atom is -0.478 e. The lowest BCUT2D eigenvalue weighted by atomic mass is 9.86. The van der Waals surface area contributed by atoms with E-state index in [4.69, 9.17) is 16.3 Å². The summed E-state index contributed by atoms with van der Waals surface area (Å²) in [5.74, 6) is -2.85. The summed E-state index contributed by atoms with van der Waals surface area (Å²) in [7, 11) is 0. The molecule has 4 nitrogen and oxygen atoms in total. The maximum atomic E-state index is 14.8. The second kappa shape index (κ2) is 8.03. The molecule has 1 fully saturated rings. The lowest BCUT2D eigenvalue weighted by Crippen LogP contribution is -2.18. The fourth-order valence-corrected chi connectivity index (χ4v) is 3.34. The van der Waals surface area contributed by atoms with E-state index in [1.165, 1.54) is 36.4 Å². The van der Waals surface area contributed by atoms with Crippen molar-refractivity contribution in [1.82, 2.24) is 0 Å². The average Bonchev–Trinajstić information content (AvgIpc) is 2.67. The maximum absolute atomic E-state index is 14.8. The number of ketones is 1.